The maximum absolute atomic E-state index is 11.7. The molecule has 0 aliphatic rings. The van der Waals surface area contributed by atoms with Crippen molar-refractivity contribution in [1.82, 2.24) is 4.90 Å². The number of hydrogen-bond acceptors (Lipinski definition) is 3. The summed E-state index contributed by atoms with van der Waals surface area (Å²) < 4.78 is 4.84. The molecule has 0 unspecified atom stereocenters. The minimum atomic E-state index is -0.0307. The summed E-state index contributed by atoms with van der Waals surface area (Å²) >= 11 is 0. The van der Waals surface area contributed by atoms with Crippen LogP contribution < -0.4 is 5.73 Å². The smallest absolute Gasteiger partial charge is 0.248 e. The van der Waals surface area contributed by atoms with Crippen LogP contribution in [-0.2, 0) is 16.1 Å². The van der Waals surface area contributed by atoms with Gasteiger partial charge in [-0.1, -0.05) is 30.3 Å². The van der Waals surface area contributed by atoms with Gasteiger partial charge in [0.1, 0.15) is 6.61 Å². The third-order valence-electron chi connectivity index (χ3n) is 2.24. The van der Waals surface area contributed by atoms with Crippen LogP contribution in [0.5, 0.6) is 0 Å². The molecule has 1 rings (SSSR count). The van der Waals surface area contributed by atoms with Crippen LogP contribution >= 0.6 is 12.4 Å². The van der Waals surface area contributed by atoms with Crippen molar-refractivity contribution in [3.05, 3.63) is 35.9 Å². The zero-order valence-corrected chi connectivity index (χ0v) is 10.8. The molecule has 0 saturated carbocycles. The lowest BCUT2D eigenvalue weighted by Gasteiger charge is -2.21. The molecule has 0 atom stereocenters. The standard InChI is InChI=1S/C12H18N2O2.ClH/c1-16-10-12(15)14(8-7-13)9-11-5-3-2-4-6-11;/h2-6H,7-10,13H2,1H3;1H. The lowest BCUT2D eigenvalue weighted by molar-refractivity contribution is -0.135. The van der Waals surface area contributed by atoms with E-state index in [2.05, 4.69) is 0 Å². The summed E-state index contributed by atoms with van der Waals surface area (Å²) in [5, 5.41) is 0. The zero-order chi connectivity index (χ0) is 11.8. The molecule has 1 amide bonds. The number of rotatable bonds is 6. The Balaban J connectivity index is 0.00000256. The van der Waals surface area contributed by atoms with Gasteiger partial charge >= 0.3 is 0 Å². The number of nitrogens with zero attached hydrogens (tertiary/aromatic N) is 1. The molecule has 0 fully saturated rings. The fourth-order valence-electron chi connectivity index (χ4n) is 1.47. The van der Waals surface area contributed by atoms with Crippen LogP contribution in [0.15, 0.2) is 30.3 Å². The van der Waals surface area contributed by atoms with Crippen LogP contribution in [0, 0.1) is 0 Å². The van der Waals surface area contributed by atoms with Crippen molar-refractivity contribution in [3.63, 3.8) is 0 Å². The van der Waals surface area contributed by atoms with Crippen LogP contribution in [0.3, 0.4) is 0 Å². The Bertz CT molecular complexity index is 320. The normalized spacial score (nSPS) is 9.53. The summed E-state index contributed by atoms with van der Waals surface area (Å²) in [7, 11) is 1.51. The summed E-state index contributed by atoms with van der Waals surface area (Å²) in [6.45, 7) is 1.70. The van der Waals surface area contributed by atoms with E-state index in [9.17, 15) is 4.79 Å². The first kappa shape index (κ1) is 15.9. The number of halogens is 1. The molecule has 4 nitrogen and oxygen atoms in total. The molecule has 0 aromatic heterocycles. The minimum Gasteiger partial charge on any atom is -0.375 e. The van der Waals surface area contributed by atoms with Crippen LogP contribution in [-0.4, -0.2) is 37.6 Å². The molecular formula is C12H19ClN2O2. The molecule has 0 saturated heterocycles. The van der Waals surface area contributed by atoms with Gasteiger partial charge in [-0.25, -0.2) is 0 Å². The minimum absolute atomic E-state index is 0. The fourth-order valence-corrected chi connectivity index (χ4v) is 1.47. The number of methoxy groups -OCH3 is 1. The number of ether oxygens (including phenoxy) is 1. The lowest BCUT2D eigenvalue weighted by atomic mass is 10.2. The second kappa shape index (κ2) is 8.98. The molecule has 0 aliphatic heterocycles. The van der Waals surface area contributed by atoms with E-state index in [4.69, 9.17) is 10.5 Å². The quantitative estimate of drug-likeness (QED) is 0.830. The van der Waals surface area contributed by atoms with E-state index in [0.717, 1.165) is 5.56 Å². The first-order valence-electron chi connectivity index (χ1n) is 5.28. The van der Waals surface area contributed by atoms with Crippen LogP contribution in [0.1, 0.15) is 5.56 Å². The van der Waals surface area contributed by atoms with Crippen LogP contribution in [0.2, 0.25) is 0 Å². The predicted molar refractivity (Wildman–Crippen MR) is 70.0 cm³/mol. The van der Waals surface area contributed by atoms with Gasteiger partial charge in [0, 0.05) is 26.7 Å². The molecule has 2 N–H and O–H groups in total. The molecule has 1 aromatic rings. The Morgan fingerprint density at radius 2 is 2.00 bits per heavy atom. The molecule has 0 radical (unpaired) electrons. The molecule has 1 aromatic carbocycles. The summed E-state index contributed by atoms with van der Waals surface area (Å²) in [6, 6.07) is 9.84. The monoisotopic (exact) mass is 258 g/mol. The highest BCUT2D eigenvalue weighted by Gasteiger charge is 2.12. The van der Waals surface area contributed by atoms with E-state index in [1.54, 1.807) is 4.90 Å². The second-order valence-corrected chi connectivity index (χ2v) is 3.52. The number of benzene rings is 1. The van der Waals surface area contributed by atoms with Crippen LogP contribution in [0.4, 0.5) is 0 Å². The number of nitrogens with two attached hydrogens (primary N) is 1. The van der Waals surface area contributed by atoms with Crippen molar-refractivity contribution in [2.75, 3.05) is 26.8 Å². The third kappa shape index (κ3) is 5.68. The highest BCUT2D eigenvalue weighted by Crippen LogP contribution is 2.04. The molecule has 0 bridgehead atoms. The van der Waals surface area contributed by atoms with Gasteiger partial charge in [0.25, 0.3) is 0 Å². The van der Waals surface area contributed by atoms with E-state index in [-0.39, 0.29) is 24.9 Å². The molecule has 96 valence electrons. The van der Waals surface area contributed by atoms with Gasteiger partial charge < -0.3 is 15.4 Å². The Kier molecular flexibility index (Phi) is 8.40. The highest BCUT2D eigenvalue weighted by molar-refractivity contribution is 5.85. The van der Waals surface area contributed by atoms with Gasteiger partial charge in [-0.05, 0) is 5.56 Å². The largest absolute Gasteiger partial charge is 0.375 e. The Morgan fingerprint density at radius 1 is 1.35 bits per heavy atom. The van der Waals surface area contributed by atoms with Crippen molar-refractivity contribution in [2.24, 2.45) is 5.73 Å². The van der Waals surface area contributed by atoms with Crippen molar-refractivity contribution in [1.29, 1.82) is 0 Å². The number of hydrogen-bond donors (Lipinski definition) is 1. The van der Waals surface area contributed by atoms with E-state index in [0.29, 0.717) is 19.6 Å². The highest BCUT2D eigenvalue weighted by atomic mass is 35.5. The number of carbonyl (C=O) groups is 1. The summed E-state index contributed by atoms with van der Waals surface area (Å²) in [6.07, 6.45) is 0. The summed E-state index contributed by atoms with van der Waals surface area (Å²) in [4.78, 5) is 13.4. The van der Waals surface area contributed by atoms with E-state index >= 15 is 0 Å². The van der Waals surface area contributed by atoms with Gasteiger partial charge in [0.2, 0.25) is 5.91 Å². The van der Waals surface area contributed by atoms with E-state index in [1.807, 2.05) is 30.3 Å². The van der Waals surface area contributed by atoms with E-state index < -0.39 is 0 Å². The maximum Gasteiger partial charge on any atom is 0.248 e. The molecule has 0 aliphatic carbocycles. The van der Waals surface area contributed by atoms with Gasteiger partial charge in [0.05, 0.1) is 0 Å². The Hall–Kier alpha value is -1.10. The van der Waals surface area contributed by atoms with Crippen LogP contribution in [0.25, 0.3) is 0 Å². The van der Waals surface area contributed by atoms with Crippen molar-refractivity contribution in [2.45, 2.75) is 6.54 Å². The van der Waals surface area contributed by atoms with Crippen molar-refractivity contribution < 1.29 is 9.53 Å². The first-order valence-corrected chi connectivity index (χ1v) is 5.28. The Morgan fingerprint density at radius 3 is 2.53 bits per heavy atom. The molecule has 0 spiro atoms. The summed E-state index contributed by atoms with van der Waals surface area (Å²) in [5.41, 5.74) is 6.58. The zero-order valence-electron chi connectivity index (χ0n) is 9.96. The number of carbonyl (C=O) groups excluding carboxylic acids is 1. The molecule has 17 heavy (non-hydrogen) atoms. The fraction of sp³-hybridized carbons (Fsp3) is 0.417. The molecular weight excluding hydrogens is 240 g/mol. The number of amides is 1. The average Bonchev–Trinajstić information content (AvgIpc) is 2.30. The SMILES string of the molecule is COCC(=O)N(CCN)Cc1ccccc1.Cl. The topological polar surface area (TPSA) is 55.6 Å². The Labute approximate surface area is 108 Å². The van der Waals surface area contributed by atoms with Gasteiger partial charge in [0.15, 0.2) is 0 Å². The van der Waals surface area contributed by atoms with Crippen molar-refractivity contribution in [3.8, 4) is 0 Å². The third-order valence-corrected chi connectivity index (χ3v) is 2.24. The lowest BCUT2D eigenvalue weighted by Crippen LogP contribution is -2.37. The van der Waals surface area contributed by atoms with Gasteiger partial charge in [-0.3, -0.25) is 4.79 Å². The predicted octanol–water partition coefficient (Wildman–Crippen LogP) is 1.04. The van der Waals surface area contributed by atoms with Gasteiger partial charge in [-0.2, -0.15) is 0 Å². The summed E-state index contributed by atoms with van der Waals surface area (Å²) in [5.74, 6) is -0.0307. The van der Waals surface area contributed by atoms with Crippen molar-refractivity contribution >= 4 is 18.3 Å². The van der Waals surface area contributed by atoms with Gasteiger partial charge in [-0.15, -0.1) is 12.4 Å². The van der Waals surface area contributed by atoms with E-state index in [1.165, 1.54) is 7.11 Å². The average molecular weight is 259 g/mol. The molecule has 0 heterocycles. The first-order chi connectivity index (χ1) is 7.77. The molecule has 5 heteroatoms. The second-order valence-electron chi connectivity index (χ2n) is 3.52. The maximum atomic E-state index is 11.7.